The van der Waals surface area contributed by atoms with Crippen molar-refractivity contribution in [3.05, 3.63) is 364 Å². The zero-order chi connectivity index (χ0) is 78.1. The van der Waals surface area contributed by atoms with E-state index in [2.05, 4.69) is 6.92 Å². The van der Waals surface area contributed by atoms with Gasteiger partial charge >= 0.3 is 11.9 Å². The van der Waals surface area contributed by atoms with Crippen molar-refractivity contribution in [1.82, 2.24) is 0 Å². The Bertz CT molecular complexity index is 3920. The quantitative estimate of drug-likeness (QED) is 0.0267. The molecular formula is C102H110O12. The molecule has 114 heavy (non-hydrogen) atoms. The Labute approximate surface area is 675 Å². The molecule has 0 amide bonds. The Morgan fingerprint density at radius 2 is 0.360 bits per heavy atom. The van der Waals surface area contributed by atoms with E-state index >= 15 is 0 Å². The third-order valence-electron chi connectivity index (χ3n) is 20.1. The van der Waals surface area contributed by atoms with Gasteiger partial charge in [0.1, 0.15) is 74.9 Å². The normalized spacial score (nSPS) is 12.4. The van der Waals surface area contributed by atoms with E-state index in [1.54, 1.807) is 0 Å². The molecule has 12 rings (SSSR count). The highest BCUT2D eigenvalue weighted by Crippen LogP contribution is 2.50. The first-order valence-corrected chi connectivity index (χ1v) is 41.2. The highest BCUT2D eigenvalue weighted by molar-refractivity contribution is 5.34. The summed E-state index contributed by atoms with van der Waals surface area (Å²) in [6.07, 6.45) is 15.7. The monoisotopic (exact) mass is 1530 g/mol. The van der Waals surface area contributed by atoms with Crippen LogP contribution in [0.4, 0.5) is 0 Å². The van der Waals surface area contributed by atoms with Crippen LogP contribution < -0.4 is 56.8 Å². The van der Waals surface area contributed by atoms with E-state index in [1.165, 1.54) is 6.42 Å². The Hall–Kier alpha value is -11.8. The van der Waals surface area contributed by atoms with Crippen LogP contribution >= 0.6 is 0 Å². The number of rotatable bonds is 52. The molecule has 0 fully saturated rings. The average molecular weight is 1530 g/mol. The molecule has 12 aromatic rings. The molecule has 12 nitrogen and oxygen atoms in total. The lowest BCUT2D eigenvalue weighted by molar-refractivity contribution is -0.309. The maximum absolute atomic E-state index is 8.15. The van der Waals surface area contributed by atoms with E-state index in [0.717, 1.165) is 77.0 Å². The number of para-hydroxylation sites is 12. The van der Waals surface area contributed by atoms with Crippen molar-refractivity contribution in [3.8, 4) is 69.0 Å². The summed E-state index contributed by atoms with van der Waals surface area (Å²) in [5.41, 5.74) is 0. The van der Waals surface area contributed by atoms with Gasteiger partial charge in [-0.3, -0.25) is 0 Å². The maximum atomic E-state index is 8.15. The predicted octanol–water partition coefficient (Wildman–Crippen LogP) is 26.6. The smallest absolute Gasteiger partial charge is 0.417 e. The molecular weight excluding hydrogens is 1420 g/mol. The van der Waals surface area contributed by atoms with Crippen LogP contribution in [0.2, 0.25) is 0 Å². The molecule has 0 heterocycles. The second-order valence-corrected chi connectivity index (χ2v) is 28.9. The predicted molar refractivity (Wildman–Crippen MR) is 454 cm³/mol. The van der Waals surface area contributed by atoms with Crippen LogP contribution in [0.5, 0.6) is 69.0 Å². The average Bonchev–Trinajstić information content (AvgIpc) is 0.726. The number of hydrogen-bond acceptors (Lipinski definition) is 12. The molecule has 0 bridgehead atoms. The van der Waals surface area contributed by atoms with Crippen LogP contribution in [0.3, 0.4) is 0 Å². The van der Waals surface area contributed by atoms with E-state index in [1.807, 2.05) is 364 Å². The van der Waals surface area contributed by atoms with Gasteiger partial charge in [0.25, 0.3) is 11.6 Å². The highest BCUT2D eigenvalue weighted by atomic mass is 16.9. The summed E-state index contributed by atoms with van der Waals surface area (Å²) in [5.74, 6) is -0.130. The summed E-state index contributed by atoms with van der Waals surface area (Å²) >= 11 is 0. The van der Waals surface area contributed by atoms with Crippen molar-refractivity contribution >= 4 is 0 Å². The minimum Gasteiger partial charge on any atom is -0.482 e. The van der Waals surface area contributed by atoms with Gasteiger partial charge in [0.2, 0.25) is 0 Å². The van der Waals surface area contributed by atoms with E-state index in [0.29, 0.717) is 127 Å². The minimum absolute atomic E-state index is 0.419. The van der Waals surface area contributed by atoms with Gasteiger partial charge in [-0.05, 0) is 191 Å². The molecule has 0 radical (unpaired) electrons. The standard InChI is InChI=1S/C102H110O12/c1-2-3-4-5-6-9-50-79-96(101(111-92-71-42-22-43-72-92,112-93-73-44-23-45-74-93)97(103-84-55-26-14-27-56-84)80-51-10-7-12-53-82-99(105-86-59-30-16-31-60-86,106-87-61-32-17-33-62-87)107-88-63-34-18-35-64-88)102(113-94-75-46-24-47-76-94,114-95-77-48-25-49-78-95)98(104-85-57-28-15-29-58-85)81-52-11-8-13-54-83-100(108-89-65-36-19-37-66-89,109-90-67-38-20-39-68-90)110-91-69-40-21-41-70-91/h14-49,55-78,96-98H,2-13,50-54,79-83H2,1H3. The van der Waals surface area contributed by atoms with Gasteiger partial charge in [-0.2, -0.15) is 0 Å². The van der Waals surface area contributed by atoms with Gasteiger partial charge in [-0.1, -0.05) is 309 Å². The van der Waals surface area contributed by atoms with Crippen molar-refractivity contribution in [3.63, 3.8) is 0 Å². The fourth-order valence-electron chi connectivity index (χ4n) is 14.6. The summed E-state index contributed by atoms with van der Waals surface area (Å²) in [5, 5.41) is 0. The van der Waals surface area contributed by atoms with Gasteiger partial charge in [-0.25, -0.2) is 0 Å². The lowest BCUT2D eigenvalue weighted by Gasteiger charge is -2.53. The second-order valence-electron chi connectivity index (χ2n) is 28.9. The Morgan fingerprint density at radius 3 is 0.579 bits per heavy atom. The maximum Gasteiger partial charge on any atom is 0.417 e. The zero-order valence-electron chi connectivity index (χ0n) is 65.8. The third kappa shape index (κ3) is 25.4. The molecule has 12 aromatic carbocycles. The van der Waals surface area contributed by atoms with E-state index in [4.69, 9.17) is 56.8 Å². The van der Waals surface area contributed by atoms with Gasteiger partial charge in [0.15, 0.2) is 12.2 Å². The van der Waals surface area contributed by atoms with Gasteiger partial charge in [-0.15, -0.1) is 0 Å². The molecule has 2 atom stereocenters. The van der Waals surface area contributed by atoms with Gasteiger partial charge in [0.05, 0.1) is 12.8 Å². The molecule has 0 aliphatic rings. The molecule has 0 aromatic heterocycles. The summed E-state index contributed by atoms with van der Waals surface area (Å²) < 4.78 is 89.3. The number of benzene rings is 12. The van der Waals surface area contributed by atoms with Crippen molar-refractivity contribution in [2.75, 3.05) is 0 Å². The van der Waals surface area contributed by atoms with E-state index in [-0.39, 0.29) is 0 Å². The number of unbranched alkanes of at least 4 members (excludes halogenated alkanes) is 14. The van der Waals surface area contributed by atoms with Crippen molar-refractivity contribution in [1.29, 1.82) is 0 Å². The molecule has 0 spiro atoms. The molecule has 0 aliphatic carbocycles. The third-order valence-corrected chi connectivity index (χ3v) is 20.1. The SMILES string of the molecule is CCCCCCCCCC(C(Oc1ccccc1)(Oc1ccccc1)C(CCCCCCCC(Oc1ccccc1)(Oc1ccccc1)Oc1ccccc1)Oc1ccccc1)C(Oc1ccccc1)(Oc1ccccc1)C(CCCCCCCC(Oc1ccccc1)(Oc1ccccc1)Oc1ccccc1)Oc1ccccc1. The Balaban J connectivity index is 0.935. The summed E-state index contributed by atoms with van der Waals surface area (Å²) in [7, 11) is 0. The van der Waals surface area contributed by atoms with E-state index in [9.17, 15) is 0 Å². The van der Waals surface area contributed by atoms with Crippen LogP contribution in [0.25, 0.3) is 0 Å². The number of hydrogen-bond donors (Lipinski definition) is 0. The van der Waals surface area contributed by atoms with Crippen molar-refractivity contribution in [2.45, 2.75) is 184 Å². The Morgan fingerprint density at radius 1 is 0.184 bits per heavy atom. The molecule has 0 saturated carbocycles. The van der Waals surface area contributed by atoms with Crippen LogP contribution in [0.1, 0.15) is 148 Å². The largest absolute Gasteiger partial charge is 0.482 e. The first kappa shape index (κ1) is 81.7. The van der Waals surface area contributed by atoms with Crippen LogP contribution in [-0.2, 0) is 0 Å². The molecule has 0 aliphatic heterocycles. The molecule has 2 unspecified atom stereocenters. The van der Waals surface area contributed by atoms with Crippen molar-refractivity contribution < 1.29 is 56.8 Å². The summed E-state index contributed by atoms with van der Waals surface area (Å²) in [4.78, 5) is 0. The minimum atomic E-state index is -1.81. The lowest BCUT2D eigenvalue weighted by atomic mass is 9.76. The molecule has 0 N–H and O–H groups in total. The Kier molecular flexibility index (Phi) is 31.9. The van der Waals surface area contributed by atoms with Gasteiger partial charge in [0, 0.05) is 0 Å². The molecule has 590 valence electrons. The lowest BCUT2D eigenvalue weighted by Crippen LogP contribution is -2.72. The van der Waals surface area contributed by atoms with E-state index < -0.39 is 41.6 Å². The fraction of sp³-hybridized carbons (Fsp3) is 0.294. The molecule has 12 heteroatoms. The first-order chi connectivity index (χ1) is 56.3. The fourth-order valence-corrected chi connectivity index (χ4v) is 14.6. The second kappa shape index (κ2) is 44.5. The number of ether oxygens (including phenoxy) is 12. The summed E-state index contributed by atoms with van der Waals surface area (Å²) in [6.45, 7) is 2.27. The topological polar surface area (TPSA) is 111 Å². The zero-order valence-corrected chi connectivity index (χ0v) is 65.8. The summed E-state index contributed by atoms with van der Waals surface area (Å²) in [6, 6.07) is 119. The van der Waals surface area contributed by atoms with Crippen LogP contribution in [0, 0.1) is 5.92 Å². The highest BCUT2D eigenvalue weighted by Gasteiger charge is 2.67. The van der Waals surface area contributed by atoms with Crippen molar-refractivity contribution in [2.24, 2.45) is 5.92 Å². The van der Waals surface area contributed by atoms with Crippen LogP contribution in [0.15, 0.2) is 364 Å². The first-order valence-electron chi connectivity index (χ1n) is 41.2. The molecule has 0 saturated heterocycles. The van der Waals surface area contributed by atoms with Gasteiger partial charge < -0.3 is 56.8 Å². The van der Waals surface area contributed by atoms with Crippen LogP contribution in [-0.4, -0.2) is 35.7 Å².